The van der Waals surface area contributed by atoms with E-state index in [0.717, 1.165) is 17.4 Å². The first-order valence-corrected chi connectivity index (χ1v) is 7.21. The molecular formula is C14H21N3S. The van der Waals surface area contributed by atoms with E-state index >= 15 is 0 Å². The molecule has 2 heterocycles. The number of aliphatic imine (C=N–C) groups is 1. The molecule has 3 nitrogen and oxygen atoms in total. The Morgan fingerprint density at radius 1 is 1.44 bits per heavy atom. The van der Waals surface area contributed by atoms with Crippen molar-refractivity contribution in [1.29, 1.82) is 0 Å². The molecule has 0 saturated carbocycles. The third kappa shape index (κ3) is 3.73. The highest BCUT2D eigenvalue weighted by atomic mass is 32.2. The monoisotopic (exact) mass is 263 g/mol. The highest BCUT2D eigenvalue weighted by molar-refractivity contribution is 8.15. The van der Waals surface area contributed by atoms with Gasteiger partial charge in [-0.1, -0.05) is 32.5 Å². The Morgan fingerprint density at radius 2 is 2.22 bits per heavy atom. The van der Waals surface area contributed by atoms with Crippen LogP contribution in [0.3, 0.4) is 0 Å². The highest BCUT2D eigenvalue weighted by Crippen LogP contribution is 2.32. The Kier molecular flexibility index (Phi) is 3.95. The molecule has 0 saturated heterocycles. The van der Waals surface area contributed by atoms with Crippen LogP contribution in [0.1, 0.15) is 32.8 Å². The smallest absolute Gasteiger partial charge is 0.161 e. The number of aryl methyl sites for hydroxylation is 1. The predicted molar refractivity (Wildman–Crippen MR) is 80.3 cm³/mol. The molecule has 18 heavy (non-hydrogen) atoms. The van der Waals surface area contributed by atoms with E-state index in [1.165, 1.54) is 12.0 Å². The topological polar surface area (TPSA) is 37.3 Å². The van der Waals surface area contributed by atoms with E-state index in [2.05, 4.69) is 43.0 Å². The molecule has 0 bridgehead atoms. The molecule has 0 aliphatic carbocycles. The van der Waals surface area contributed by atoms with E-state index in [4.69, 9.17) is 0 Å². The van der Waals surface area contributed by atoms with Gasteiger partial charge in [-0.3, -0.25) is 9.98 Å². The molecule has 0 radical (unpaired) electrons. The SMILES string of the molecule is Cc1ccncc1NC1=NCC(CC(C)(C)C)S1. The second-order valence-electron chi connectivity index (χ2n) is 5.97. The zero-order valence-corrected chi connectivity index (χ0v) is 12.3. The molecule has 1 aromatic heterocycles. The summed E-state index contributed by atoms with van der Waals surface area (Å²) >= 11 is 1.85. The summed E-state index contributed by atoms with van der Waals surface area (Å²) in [5, 5.41) is 5.00. The van der Waals surface area contributed by atoms with Crippen LogP contribution in [0.5, 0.6) is 0 Å². The van der Waals surface area contributed by atoms with Crippen molar-refractivity contribution in [3.8, 4) is 0 Å². The lowest BCUT2D eigenvalue weighted by molar-refractivity contribution is 0.375. The van der Waals surface area contributed by atoms with Crippen molar-refractivity contribution in [2.24, 2.45) is 10.4 Å². The first kappa shape index (κ1) is 13.4. The van der Waals surface area contributed by atoms with Gasteiger partial charge >= 0.3 is 0 Å². The maximum atomic E-state index is 4.58. The summed E-state index contributed by atoms with van der Waals surface area (Å²) in [6, 6.07) is 2.01. The first-order chi connectivity index (χ1) is 8.44. The molecule has 2 rings (SSSR count). The number of thioether (sulfide) groups is 1. The van der Waals surface area contributed by atoms with Gasteiger partial charge in [0.2, 0.25) is 0 Å². The van der Waals surface area contributed by atoms with Gasteiger partial charge in [-0.05, 0) is 30.4 Å². The molecule has 0 aromatic carbocycles. The van der Waals surface area contributed by atoms with Crippen LogP contribution in [0.4, 0.5) is 5.69 Å². The number of anilines is 1. The van der Waals surface area contributed by atoms with Gasteiger partial charge < -0.3 is 5.32 Å². The maximum Gasteiger partial charge on any atom is 0.161 e. The standard InChI is InChI=1S/C14H21N3S/c1-10-5-6-15-9-12(10)17-13-16-8-11(18-13)7-14(2,3)4/h5-6,9,11H,7-8H2,1-4H3,(H,16,17). The molecular weight excluding hydrogens is 242 g/mol. The largest absolute Gasteiger partial charge is 0.333 e. The summed E-state index contributed by atoms with van der Waals surface area (Å²) in [6.07, 6.45) is 4.86. The van der Waals surface area contributed by atoms with Crippen molar-refractivity contribution in [3.05, 3.63) is 24.0 Å². The fraction of sp³-hybridized carbons (Fsp3) is 0.571. The van der Waals surface area contributed by atoms with Gasteiger partial charge in [0.1, 0.15) is 0 Å². The van der Waals surface area contributed by atoms with Gasteiger partial charge in [0.05, 0.1) is 18.4 Å². The fourth-order valence-corrected chi connectivity index (χ4v) is 3.35. The zero-order chi connectivity index (χ0) is 13.2. The lowest BCUT2D eigenvalue weighted by Crippen LogP contribution is -2.16. The lowest BCUT2D eigenvalue weighted by atomic mass is 9.90. The molecule has 98 valence electrons. The van der Waals surface area contributed by atoms with E-state index < -0.39 is 0 Å². The van der Waals surface area contributed by atoms with E-state index in [0.29, 0.717) is 10.7 Å². The van der Waals surface area contributed by atoms with Gasteiger partial charge in [-0.25, -0.2) is 0 Å². The van der Waals surface area contributed by atoms with Crippen LogP contribution in [0.25, 0.3) is 0 Å². The summed E-state index contributed by atoms with van der Waals surface area (Å²) in [6.45, 7) is 9.85. The van der Waals surface area contributed by atoms with E-state index in [-0.39, 0.29) is 0 Å². The van der Waals surface area contributed by atoms with Gasteiger partial charge in [0.15, 0.2) is 5.17 Å². The summed E-state index contributed by atoms with van der Waals surface area (Å²) in [4.78, 5) is 8.72. The first-order valence-electron chi connectivity index (χ1n) is 6.33. The third-order valence-corrected chi connectivity index (χ3v) is 3.94. The van der Waals surface area contributed by atoms with Crippen molar-refractivity contribution >= 4 is 22.6 Å². The highest BCUT2D eigenvalue weighted by Gasteiger charge is 2.25. The van der Waals surface area contributed by atoms with Crippen molar-refractivity contribution in [2.75, 3.05) is 11.9 Å². The summed E-state index contributed by atoms with van der Waals surface area (Å²) in [5.41, 5.74) is 2.63. The second-order valence-corrected chi connectivity index (χ2v) is 7.26. The summed E-state index contributed by atoms with van der Waals surface area (Å²) in [5.74, 6) is 0. The average molecular weight is 263 g/mol. The van der Waals surface area contributed by atoms with Crippen LogP contribution in [0, 0.1) is 12.3 Å². The van der Waals surface area contributed by atoms with E-state index in [1.54, 1.807) is 0 Å². The number of aromatic nitrogens is 1. The molecule has 0 fully saturated rings. The Morgan fingerprint density at radius 3 is 2.89 bits per heavy atom. The van der Waals surface area contributed by atoms with Crippen molar-refractivity contribution in [1.82, 2.24) is 4.98 Å². The minimum absolute atomic E-state index is 0.368. The van der Waals surface area contributed by atoms with Gasteiger partial charge in [0, 0.05) is 11.4 Å². The molecule has 1 unspecified atom stereocenters. The quantitative estimate of drug-likeness (QED) is 0.884. The molecule has 0 spiro atoms. The van der Waals surface area contributed by atoms with Gasteiger partial charge in [-0.2, -0.15) is 0 Å². The van der Waals surface area contributed by atoms with Crippen molar-refractivity contribution in [2.45, 2.75) is 39.4 Å². The number of nitrogens with zero attached hydrogens (tertiary/aromatic N) is 2. The van der Waals surface area contributed by atoms with E-state index in [9.17, 15) is 0 Å². The number of amidine groups is 1. The van der Waals surface area contributed by atoms with Crippen molar-refractivity contribution in [3.63, 3.8) is 0 Å². The van der Waals surface area contributed by atoms with Crippen LogP contribution in [-0.2, 0) is 0 Å². The molecule has 0 amide bonds. The van der Waals surface area contributed by atoms with Crippen LogP contribution >= 0.6 is 11.8 Å². The molecule has 1 aromatic rings. The van der Waals surface area contributed by atoms with Crippen molar-refractivity contribution < 1.29 is 0 Å². The second kappa shape index (κ2) is 5.31. The Hall–Kier alpha value is -1.03. The third-order valence-electron chi connectivity index (χ3n) is 2.84. The number of hydrogen-bond acceptors (Lipinski definition) is 4. The number of pyridine rings is 1. The number of nitrogens with one attached hydrogen (secondary N) is 1. The minimum atomic E-state index is 0.368. The van der Waals surface area contributed by atoms with Crippen LogP contribution in [0.15, 0.2) is 23.5 Å². The minimum Gasteiger partial charge on any atom is -0.333 e. The maximum absolute atomic E-state index is 4.58. The Balaban J connectivity index is 1.92. The summed E-state index contributed by atoms with van der Waals surface area (Å²) < 4.78 is 0. The summed E-state index contributed by atoms with van der Waals surface area (Å²) in [7, 11) is 0. The molecule has 1 aliphatic rings. The molecule has 4 heteroatoms. The lowest BCUT2D eigenvalue weighted by Gasteiger charge is -2.21. The van der Waals surface area contributed by atoms with Crippen LogP contribution in [0.2, 0.25) is 0 Å². The fourth-order valence-electron chi connectivity index (χ4n) is 1.99. The van der Waals surface area contributed by atoms with E-state index in [1.807, 2.05) is 30.2 Å². The molecule has 1 aliphatic heterocycles. The van der Waals surface area contributed by atoms with Crippen LogP contribution < -0.4 is 5.32 Å². The molecule has 1 N–H and O–H groups in total. The average Bonchev–Trinajstić information content (AvgIpc) is 2.66. The Labute approximate surface area is 113 Å². The van der Waals surface area contributed by atoms with Gasteiger partial charge in [0.25, 0.3) is 0 Å². The Bertz CT molecular complexity index is 449. The number of rotatable bonds is 2. The zero-order valence-electron chi connectivity index (χ0n) is 11.5. The molecule has 1 atom stereocenters. The van der Waals surface area contributed by atoms with Gasteiger partial charge in [-0.15, -0.1) is 0 Å². The normalized spacial score (nSPS) is 19.8. The predicted octanol–water partition coefficient (Wildman–Crippen LogP) is 3.71. The van der Waals surface area contributed by atoms with Crippen LogP contribution in [-0.4, -0.2) is 21.9 Å². The number of hydrogen-bond donors (Lipinski definition) is 1.